The van der Waals surface area contributed by atoms with Crippen molar-refractivity contribution in [3.05, 3.63) is 0 Å². The summed E-state index contributed by atoms with van der Waals surface area (Å²) < 4.78 is 11.7. The van der Waals surface area contributed by atoms with Crippen LogP contribution in [0.1, 0.15) is 286 Å². The number of carbonyl (C=O) groups is 4. The van der Waals surface area contributed by atoms with Crippen molar-refractivity contribution in [2.24, 2.45) is 11.8 Å². The van der Waals surface area contributed by atoms with Crippen LogP contribution in [-0.2, 0) is 28.7 Å². The summed E-state index contributed by atoms with van der Waals surface area (Å²) >= 11 is 0. The number of nitrogens with zero attached hydrogens (tertiary/aromatic N) is 4. The molecule has 78 heavy (non-hydrogen) atoms. The van der Waals surface area contributed by atoms with Crippen LogP contribution in [0.25, 0.3) is 0 Å². The van der Waals surface area contributed by atoms with Gasteiger partial charge in [0.25, 0.3) is 0 Å². The van der Waals surface area contributed by atoms with Gasteiger partial charge in [-0.2, -0.15) is 0 Å². The van der Waals surface area contributed by atoms with Crippen LogP contribution in [0, 0.1) is 11.8 Å². The second-order valence-electron chi connectivity index (χ2n) is 24.9. The highest BCUT2D eigenvalue weighted by Gasteiger charge is 2.35. The van der Waals surface area contributed by atoms with Gasteiger partial charge >= 0.3 is 0 Å². The van der Waals surface area contributed by atoms with Crippen molar-refractivity contribution in [1.82, 2.24) is 30.2 Å². The highest BCUT2D eigenvalue weighted by Crippen LogP contribution is 2.24. The molecule has 2 aliphatic heterocycles. The number of unbranched alkanes of at least 4 members (excludes halogenated alkanes) is 28. The second kappa shape index (κ2) is 48.3. The molecule has 2 heterocycles. The van der Waals surface area contributed by atoms with Gasteiger partial charge in [-0.1, -0.05) is 221 Å². The SMILES string of the molecule is CCCCCCCCCCCCCCCCCC(=O)N(CCC1CCCN1C)C(C(=O)NCCOCCOCCNC(=O)C(C(C)C)N(CCC1CCCN1C)C(=O)CCCCCCCCCCCCCCCCC)C(C)C. The number of rotatable bonds is 53. The highest BCUT2D eigenvalue weighted by atomic mass is 16.5. The molecule has 2 N–H and O–H groups in total. The average Bonchev–Trinajstić information content (AvgIpc) is 4.05. The first-order valence-electron chi connectivity index (χ1n) is 33.6. The first kappa shape index (κ1) is 71.8. The van der Waals surface area contributed by atoms with Gasteiger partial charge < -0.3 is 39.7 Å². The van der Waals surface area contributed by atoms with E-state index < -0.39 is 12.1 Å². The van der Waals surface area contributed by atoms with Crippen LogP contribution in [0.2, 0.25) is 0 Å². The Morgan fingerprint density at radius 2 is 0.718 bits per heavy atom. The zero-order valence-corrected chi connectivity index (χ0v) is 52.6. The molecular formula is C66H128N6O6. The monoisotopic (exact) mass is 1100 g/mol. The molecule has 2 saturated heterocycles. The second-order valence-corrected chi connectivity index (χ2v) is 24.9. The maximum Gasteiger partial charge on any atom is 0.243 e. The largest absolute Gasteiger partial charge is 0.377 e. The van der Waals surface area contributed by atoms with Crippen LogP contribution in [0.4, 0.5) is 0 Å². The minimum absolute atomic E-state index is 0.0203. The van der Waals surface area contributed by atoms with Crippen molar-refractivity contribution in [3.63, 3.8) is 0 Å². The van der Waals surface area contributed by atoms with Crippen LogP contribution in [-0.4, -0.2) is 147 Å². The molecule has 12 heteroatoms. The summed E-state index contributed by atoms with van der Waals surface area (Å²) in [4.78, 5) is 64.2. The summed E-state index contributed by atoms with van der Waals surface area (Å²) in [6.45, 7) is 18.2. The van der Waals surface area contributed by atoms with Gasteiger partial charge in [0.15, 0.2) is 0 Å². The van der Waals surface area contributed by atoms with E-state index in [9.17, 15) is 19.2 Å². The molecule has 0 aromatic heterocycles. The molecule has 0 aliphatic carbocycles. The molecule has 0 spiro atoms. The van der Waals surface area contributed by atoms with E-state index in [0.717, 1.165) is 64.5 Å². The quantitative estimate of drug-likeness (QED) is 0.0577. The molecule has 0 bridgehead atoms. The first-order chi connectivity index (χ1) is 37.9. The normalized spacial score (nSPS) is 16.8. The molecule has 2 rings (SSSR count). The maximum absolute atomic E-state index is 13.9. The Morgan fingerprint density at radius 1 is 0.436 bits per heavy atom. The molecule has 4 unspecified atom stereocenters. The number of hydrogen-bond acceptors (Lipinski definition) is 8. The Hall–Kier alpha value is -2.28. The van der Waals surface area contributed by atoms with Crippen LogP contribution in [0.5, 0.6) is 0 Å². The summed E-state index contributed by atoms with van der Waals surface area (Å²) in [5.41, 5.74) is 0. The van der Waals surface area contributed by atoms with Gasteiger partial charge in [-0.25, -0.2) is 0 Å². The zero-order valence-electron chi connectivity index (χ0n) is 52.6. The molecule has 0 saturated carbocycles. The van der Waals surface area contributed by atoms with Crippen molar-refractivity contribution in [3.8, 4) is 0 Å². The Bertz CT molecular complexity index is 1360. The van der Waals surface area contributed by atoms with E-state index in [2.05, 4.69) is 48.4 Å². The fraction of sp³-hybridized carbons (Fsp3) is 0.939. The van der Waals surface area contributed by atoms with Crippen molar-refractivity contribution >= 4 is 23.6 Å². The highest BCUT2D eigenvalue weighted by molar-refractivity contribution is 5.88. The summed E-state index contributed by atoms with van der Waals surface area (Å²) in [6, 6.07) is -0.146. The van der Waals surface area contributed by atoms with Crippen LogP contribution in [0.15, 0.2) is 0 Å². The summed E-state index contributed by atoms with van der Waals surface area (Å²) in [6.07, 6.45) is 46.2. The van der Waals surface area contributed by atoms with Gasteiger partial charge in [-0.3, -0.25) is 19.2 Å². The van der Waals surface area contributed by atoms with Crippen molar-refractivity contribution in [2.75, 3.05) is 79.8 Å². The first-order valence-corrected chi connectivity index (χ1v) is 33.6. The molecule has 4 amide bonds. The van der Waals surface area contributed by atoms with Gasteiger partial charge in [0.05, 0.1) is 26.4 Å². The lowest BCUT2D eigenvalue weighted by atomic mass is 9.99. The molecule has 458 valence electrons. The lowest BCUT2D eigenvalue weighted by Gasteiger charge is -2.35. The number of amides is 4. The third-order valence-corrected chi connectivity index (χ3v) is 17.3. The van der Waals surface area contributed by atoms with Crippen LogP contribution >= 0.6 is 0 Å². The summed E-state index contributed by atoms with van der Waals surface area (Å²) in [7, 11) is 4.35. The maximum atomic E-state index is 13.9. The number of carbonyl (C=O) groups excluding carboxylic acids is 4. The number of ether oxygens (including phenoxy) is 2. The van der Waals surface area contributed by atoms with E-state index in [1.165, 1.54) is 180 Å². The van der Waals surface area contributed by atoms with Crippen molar-refractivity contribution in [1.29, 1.82) is 0 Å². The van der Waals surface area contributed by atoms with E-state index >= 15 is 0 Å². The van der Waals surface area contributed by atoms with Gasteiger partial charge in [-0.15, -0.1) is 0 Å². The summed E-state index contributed by atoms with van der Waals surface area (Å²) in [5, 5.41) is 6.19. The topological polar surface area (TPSA) is 124 Å². The minimum Gasteiger partial charge on any atom is -0.377 e. The van der Waals surface area contributed by atoms with E-state index in [1.807, 2.05) is 37.5 Å². The Kier molecular flexibility index (Phi) is 44.4. The lowest BCUT2D eigenvalue weighted by Crippen LogP contribution is -2.53. The molecule has 12 nitrogen and oxygen atoms in total. The molecule has 0 aromatic rings. The smallest absolute Gasteiger partial charge is 0.243 e. The van der Waals surface area contributed by atoms with E-state index in [-0.39, 0.29) is 35.5 Å². The van der Waals surface area contributed by atoms with Gasteiger partial charge in [0.2, 0.25) is 23.6 Å². The Balaban J connectivity index is 1.73. The van der Waals surface area contributed by atoms with Crippen molar-refractivity contribution in [2.45, 2.75) is 310 Å². The number of hydrogen-bond donors (Lipinski definition) is 2. The van der Waals surface area contributed by atoms with Crippen molar-refractivity contribution < 1.29 is 28.7 Å². The Labute approximate surface area is 481 Å². The van der Waals surface area contributed by atoms with Crippen LogP contribution < -0.4 is 10.6 Å². The molecule has 4 atom stereocenters. The van der Waals surface area contributed by atoms with E-state index in [4.69, 9.17) is 9.47 Å². The Morgan fingerprint density at radius 3 is 0.974 bits per heavy atom. The standard InChI is InChI=1S/C66H128N6O6/c1-9-11-13-15-17-19-21-23-25-27-29-31-33-35-37-43-61(73)71(51-45-59-41-39-49-69(59)7)63(57(3)4)65(75)67-47-53-77-55-56-78-54-48-68-66(76)64(58(5)6)72(52-46-60-42-40-50-70(60)8)62(74)44-38-36-34-32-30-28-26-24-22-20-18-16-14-12-10-2/h57-60,63-64H,9-56H2,1-8H3,(H,67,75)(H,68,76). The molecule has 2 fully saturated rings. The number of likely N-dealkylation sites (tertiary alicyclic amines) is 2. The average molecular weight is 1100 g/mol. The minimum atomic E-state index is -0.521. The molecule has 0 aromatic carbocycles. The lowest BCUT2D eigenvalue weighted by molar-refractivity contribution is -0.142. The molecule has 2 aliphatic rings. The summed E-state index contributed by atoms with van der Waals surface area (Å²) in [5.74, 6) is -0.0529. The third-order valence-electron chi connectivity index (χ3n) is 17.3. The van der Waals surface area contributed by atoms with E-state index in [0.29, 0.717) is 77.5 Å². The fourth-order valence-corrected chi connectivity index (χ4v) is 12.3. The van der Waals surface area contributed by atoms with E-state index in [1.54, 1.807) is 0 Å². The fourth-order valence-electron chi connectivity index (χ4n) is 12.3. The number of nitrogens with one attached hydrogen (secondary N) is 2. The molecule has 0 radical (unpaired) electrons. The predicted octanol–water partition coefficient (Wildman–Crippen LogP) is 14.4. The van der Waals surface area contributed by atoms with Gasteiger partial charge in [0.1, 0.15) is 12.1 Å². The van der Waals surface area contributed by atoms with Gasteiger partial charge in [-0.05, 0) is 90.4 Å². The molecular weight excluding hydrogens is 973 g/mol. The zero-order chi connectivity index (χ0) is 56.9. The third kappa shape index (κ3) is 34.2. The predicted molar refractivity (Wildman–Crippen MR) is 328 cm³/mol. The van der Waals surface area contributed by atoms with Gasteiger partial charge in [0, 0.05) is 51.1 Å². The van der Waals surface area contributed by atoms with Crippen LogP contribution in [0.3, 0.4) is 0 Å².